The number of nitrogens with two attached hydrogens (primary N) is 1. The third kappa shape index (κ3) is 4.65. The van der Waals surface area contributed by atoms with E-state index in [1.54, 1.807) is 0 Å². The van der Waals surface area contributed by atoms with Crippen LogP contribution in [0.25, 0.3) is 0 Å². The Balaban J connectivity index is 2.18. The molecule has 1 aliphatic rings. The molecular weight excluding hydrogens is 190 g/mol. The number of ether oxygens (including phenoxy) is 1. The van der Waals surface area contributed by atoms with Crippen LogP contribution in [0.1, 0.15) is 52.4 Å². The molecule has 88 valence electrons. The van der Waals surface area contributed by atoms with Gasteiger partial charge in [-0.25, -0.2) is 0 Å². The van der Waals surface area contributed by atoms with Gasteiger partial charge in [-0.1, -0.05) is 26.7 Å². The predicted molar refractivity (Wildman–Crippen MR) is 60.4 cm³/mol. The Bertz CT molecular complexity index is 208. The normalized spacial score (nSPS) is 19.5. The smallest absolute Gasteiger partial charge is 0.307 e. The van der Waals surface area contributed by atoms with E-state index < -0.39 is 0 Å². The highest BCUT2D eigenvalue weighted by molar-refractivity contribution is 5.70. The molecule has 1 fully saturated rings. The number of rotatable bonds is 5. The van der Waals surface area contributed by atoms with Crippen molar-refractivity contribution in [3.63, 3.8) is 0 Å². The maximum atomic E-state index is 11.5. The van der Waals surface area contributed by atoms with E-state index in [1.165, 1.54) is 0 Å². The molecule has 0 spiro atoms. The van der Waals surface area contributed by atoms with Gasteiger partial charge in [0.25, 0.3) is 0 Å². The summed E-state index contributed by atoms with van der Waals surface area (Å²) in [5.41, 5.74) is 5.82. The SMILES string of the molecule is CC(C)CCOC(=O)CC1(N)CCCC1. The van der Waals surface area contributed by atoms with Crippen LogP contribution in [0.4, 0.5) is 0 Å². The van der Waals surface area contributed by atoms with Crippen LogP contribution in [0.15, 0.2) is 0 Å². The van der Waals surface area contributed by atoms with E-state index in [1.807, 2.05) is 0 Å². The van der Waals surface area contributed by atoms with Gasteiger partial charge in [0.2, 0.25) is 0 Å². The van der Waals surface area contributed by atoms with Crippen molar-refractivity contribution < 1.29 is 9.53 Å². The fourth-order valence-corrected chi connectivity index (χ4v) is 2.00. The molecule has 0 aromatic rings. The molecule has 1 aliphatic carbocycles. The van der Waals surface area contributed by atoms with Crippen LogP contribution in [0.5, 0.6) is 0 Å². The molecule has 0 aliphatic heterocycles. The zero-order chi connectivity index (χ0) is 11.3. The second kappa shape index (κ2) is 5.50. The minimum Gasteiger partial charge on any atom is -0.466 e. The molecular formula is C12H23NO2. The third-order valence-electron chi connectivity index (χ3n) is 3.05. The van der Waals surface area contributed by atoms with E-state index in [4.69, 9.17) is 10.5 Å². The Labute approximate surface area is 92.4 Å². The molecule has 0 atom stereocenters. The summed E-state index contributed by atoms with van der Waals surface area (Å²) in [6.07, 6.45) is 5.55. The van der Waals surface area contributed by atoms with Crippen LogP contribution in [-0.4, -0.2) is 18.1 Å². The summed E-state index contributed by atoms with van der Waals surface area (Å²) in [6.45, 7) is 4.77. The largest absolute Gasteiger partial charge is 0.466 e. The third-order valence-corrected chi connectivity index (χ3v) is 3.05. The van der Waals surface area contributed by atoms with Crippen LogP contribution in [-0.2, 0) is 9.53 Å². The van der Waals surface area contributed by atoms with Gasteiger partial charge in [0.15, 0.2) is 0 Å². The molecule has 2 N–H and O–H groups in total. The Morgan fingerprint density at radius 1 is 1.40 bits per heavy atom. The summed E-state index contributed by atoms with van der Waals surface area (Å²) in [5, 5.41) is 0. The first-order chi connectivity index (χ1) is 7.02. The molecule has 0 saturated heterocycles. The minimum absolute atomic E-state index is 0.125. The zero-order valence-corrected chi connectivity index (χ0v) is 9.92. The van der Waals surface area contributed by atoms with E-state index in [0.717, 1.165) is 32.1 Å². The highest BCUT2D eigenvalue weighted by atomic mass is 16.5. The second-order valence-corrected chi connectivity index (χ2v) is 5.15. The highest BCUT2D eigenvalue weighted by Gasteiger charge is 2.32. The van der Waals surface area contributed by atoms with E-state index in [-0.39, 0.29) is 11.5 Å². The van der Waals surface area contributed by atoms with Crippen molar-refractivity contribution in [1.29, 1.82) is 0 Å². The van der Waals surface area contributed by atoms with Crippen LogP contribution >= 0.6 is 0 Å². The maximum Gasteiger partial charge on any atom is 0.307 e. The molecule has 1 rings (SSSR count). The van der Waals surface area contributed by atoms with Crippen LogP contribution in [0.2, 0.25) is 0 Å². The minimum atomic E-state index is -0.269. The molecule has 0 unspecified atom stereocenters. The molecule has 15 heavy (non-hydrogen) atoms. The van der Waals surface area contributed by atoms with Crippen molar-refractivity contribution in [2.75, 3.05) is 6.61 Å². The van der Waals surface area contributed by atoms with Crippen molar-refractivity contribution in [2.45, 2.75) is 57.9 Å². The summed E-state index contributed by atoms with van der Waals surface area (Å²) in [6, 6.07) is 0. The van der Waals surface area contributed by atoms with Gasteiger partial charge in [-0.3, -0.25) is 4.79 Å². The van der Waals surface area contributed by atoms with E-state index >= 15 is 0 Å². The summed E-state index contributed by atoms with van der Waals surface area (Å²) < 4.78 is 5.16. The number of hydrogen-bond acceptors (Lipinski definition) is 3. The Hall–Kier alpha value is -0.570. The van der Waals surface area contributed by atoms with Gasteiger partial charge in [0.05, 0.1) is 13.0 Å². The molecule has 0 aromatic heterocycles. The topological polar surface area (TPSA) is 52.3 Å². The lowest BCUT2D eigenvalue weighted by Gasteiger charge is -2.22. The highest BCUT2D eigenvalue weighted by Crippen LogP contribution is 2.30. The lowest BCUT2D eigenvalue weighted by Crippen LogP contribution is -2.39. The molecule has 0 amide bonds. The van der Waals surface area contributed by atoms with Gasteiger partial charge in [0, 0.05) is 5.54 Å². The molecule has 0 radical (unpaired) electrons. The first kappa shape index (κ1) is 12.5. The number of carbonyl (C=O) groups is 1. The average Bonchev–Trinajstić information content (AvgIpc) is 2.50. The van der Waals surface area contributed by atoms with E-state index in [0.29, 0.717) is 18.9 Å². The monoisotopic (exact) mass is 213 g/mol. The first-order valence-corrected chi connectivity index (χ1v) is 5.96. The average molecular weight is 213 g/mol. The molecule has 0 aromatic carbocycles. The lowest BCUT2D eigenvalue weighted by molar-refractivity contribution is -0.145. The Kier molecular flexibility index (Phi) is 4.58. The summed E-state index contributed by atoms with van der Waals surface area (Å²) in [5.74, 6) is 0.455. The summed E-state index contributed by atoms with van der Waals surface area (Å²) >= 11 is 0. The molecule has 0 heterocycles. The van der Waals surface area contributed by atoms with E-state index in [9.17, 15) is 4.79 Å². The van der Waals surface area contributed by atoms with Gasteiger partial charge >= 0.3 is 5.97 Å². The van der Waals surface area contributed by atoms with Crippen LogP contribution < -0.4 is 5.73 Å². The van der Waals surface area contributed by atoms with Crippen molar-refractivity contribution in [1.82, 2.24) is 0 Å². The molecule has 3 nitrogen and oxygen atoms in total. The lowest BCUT2D eigenvalue weighted by atomic mass is 9.95. The predicted octanol–water partition coefficient (Wildman–Crippen LogP) is 2.24. The van der Waals surface area contributed by atoms with Crippen molar-refractivity contribution >= 4 is 5.97 Å². The molecule has 1 saturated carbocycles. The number of hydrogen-bond donors (Lipinski definition) is 1. The Morgan fingerprint density at radius 3 is 2.53 bits per heavy atom. The van der Waals surface area contributed by atoms with Crippen LogP contribution in [0.3, 0.4) is 0 Å². The van der Waals surface area contributed by atoms with Gasteiger partial charge in [-0.05, 0) is 25.2 Å². The zero-order valence-electron chi connectivity index (χ0n) is 9.92. The quantitative estimate of drug-likeness (QED) is 0.712. The summed E-state index contributed by atoms with van der Waals surface area (Å²) in [7, 11) is 0. The second-order valence-electron chi connectivity index (χ2n) is 5.15. The molecule has 3 heteroatoms. The number of esters is 1. The van der Waals surface area contributed by atoms with Gasteiger partial charge in [-0.2, -0.15) is 0 Å². The Morgan fingerprint density at radius 2 is 2.00 bits per heavy atom. The van der Waals surface area contributed by atoms with Crippen molar-refractivity contribution in [3.05, 3.63) is 0 Å². The molecule has 0 bridgehead atoms. The first-order valence-electron chi connectivity index (χ1n) is 5.96. The fraction of sp³-hybridized carbons (Fsp3) is 0.917. The van der Waals surface area contributed by atoms with Gasteiger partial charge in [0.1, 0.15) is 0 Å². The van der Waals surface area contributed by atoms with Gasteiger partial charge in [-0.15, -0.1) is 0 Å². The fourth-order valence-electron chi connectivity index (χ4n) is 2.00. The van der Waals surface area contributed by atoms with Crippen molar-refractivity contribution in [3.8, 4) is 0 Å². The van der Waals surface area contributed by atoms with Crippen LogP contribution in [0, 0.1) is 5.92 Å². The number of carbonyl (C=O) groups excluding carboxylic acids is 1. The summed E-state index contributed by atoms with van der Waals surface area (Å²) in [4.78, 5) is 11.5. The van der Waals surface area contributed by atoms with E-state index in [2.05, 4.69) is 13.8 Å². The standard InChI is InChI=1S/C12H23NO2/c1-10(2)5-8-15-11(14)9-12(13)6-3-4-7-12/h10H,3-9,13H2,1-2H3. The van der Waals surface area contributed by atoms with Gasteiger partial charge < -0.3 is 10.5 Å². The van der Waals surface area contributed by atoms with Crippen molar-refractivity contribution in [2.24, 2.45) is 11.7 Å². The maximum absolute atomic E-state index is 11.5.